The summed E-state index contributed by atoms with van der Waals surface area (Å²) >= 11 is 0. The summed E-state index contributed by atoms with van der Waals surface area (Å²) in [5, 5.41) is 13.5. The second kappa shape index (κ2) is 4.72. The van der Waals surface area contributed by atoms with Crippen LogP contribution in [-0.4, -0.2) is 49.9 Å². The Hall–Kier alpha value is -2.21. The van der Waals surface area contributed by atoms with E-state index >= 15 is 0 Å². The first kappa shape index (κ1) is 12.8. The number of aliphatic hydroxyl groups is 1. The molecule has 6 nitrogen and oxygen atoms in total. The van der Waals surface area contributed by atoms with Gasteiger partial charge in [0.25, 0.3) is 5.91 Å². The third-order valence-corrected chi connectivity index (χ3v) is 3.38. The zero-order valence-corrected chi connectivity index (χ0v) is 11.4. The number of carbonyl (C=O) groups excluding carboxylic acids is 1. The van der Waals surface area contributed by atoms with Gasteiger partial charge in [0.05, 0.1) is 11.8 Å². The number of aryl methyl sites for hydroxylation is 2. The zero-order valence-electron chi connectivity index (χ0n) is 11.4. The molecule has 1 aromatic carbocycles. The molecule has 3 rings (SSSR count). The molecule has 20 heavy (non-hydrogen) atoms. The number of rotatable bonds is 2. The second-order valence-corrected chi connectivity index (χ2v) is 5.03. The van der Waals surface area contributed by atoms with E-state index in [0.29, 0.717) is 18.7 Å². The Labute approximate surface area is 116 Å². The Morgan fingerprint density at radius 2 is 1.90 bits per heavy atom. The molecule has 1 aliphatic heterocycles. The van der Waals surface area contributed by atoms with Crippen molar-refractivity contribution in [3.05, 3.63) is 41.5 Å². The van der Waals surface area contributed by atoms with Crippen LogP contribution in [0.1, 0.15) is 22.0 Å². The molecule has 0 radical (unpaired) electrons. The fourth-order valence-electron chi connectivity index (χ4n) is 2.31. The van der Waals surface area contributed by atoms with E-state index in [1.165, 1.54) is 0 Å². The molecule has 0 spiro atoms. The molecule has 1 amide bonds. The predicted octanol–water partition coefficient (Wildman–Crippen LogP) is 0.701. The van der Waals surface area contributed by atoms with Crippen molar-refractivity contribution >= 4 is 5.91 Å². The Morgan fingerprint density at radius 1 is 1.25 bits per heavy atom. The van der Waals surface area contributed by atoms with Crippen molar-refractivity contribution in [2.75, 3.05) is 13.1 Å². The maximum absolute atomic E-state index is 12.1. The van der Waals surface area contributed by atoms with Crippen LogP contribution in [0, 0.1) is 13.8 Å². The van der Waals surface area contributed by atoms with Gasteiger partial charge in [-0.05, 0) is 38.1 Å². The molecule has 104 valence electrons. The third-order valence-electron chi connectivity index (χ3n) is 3.38. The van der Waals surface area contributed by atoms with Crippen LogP contribution in [-0.2, 0) is 0 Å². The summed E-state index contributed by atoms with van der Waals surface area (Å²) in [6.07, 6.45) is -0.376. The van der Waals surface area contributed by atoms with E-state index in [9.17, 15) is 9.90 Å². The van der Waals surface area contributed by atoms with Crippen molar-refractivity contribution < 1.29 is 9.90 Å². The van der Waals surface area contributed by atoms with Gasteiger partial charge in [-0.1, -0.05) is 0 Å². The average Bonchev–Trinajstić information content (AvgIpc) is 2.74. The van der Waals surface area contributed by atoms with Crippen LogP contribution in [0.3, 0.4) is 0 Å². The molecule has 1 aromatic heterocycles. The molecule has 1 fully saturated rings. The Bertz CT molecular complexity index is 642. The van der Waals surface area contributed by atoms with Crippen molar-refractivity contribution in [2.45, 2.75) is 20.0 Å². The maximum Gasteiger partial charge on any atom is 0.254 e. The van der Waals surface area contributed by atoms with Crippen molar-refractivity contribution in [1.29, 1.82) is 0 Å². The Kier molecular flexibility index (Phi) is 3.02. The summed E-state index contributed by atoms with van der Waals surface area (Å²) in [7, 11) is 0. The second-order valence-electron chi connectivity index (χ2n) is 5.03. The summed E-state index contributed by atoms with van der Waals surface area (Å²) in [4.78, 5) is 18.0. The molecule has 1 aliphatic rings. The van der Waals surface area contributed by atoms with E-state index in [4.69, 9.17) is 0 Å². The highest BCUT2D eigenvalue weighted by molar-refractivity contribution is 5.95. The van der Waals surface area contributed by atoms with Crippen LogP contribution in [0.25, 0.3) is 5.69 Å². The van der Waals surface area contributed by atoms with Gasteiger partial charge >= 0.3 is 0 Å². The lowest BCUT2D eigenvalue weighted by molar-refractivity contribution is 0.00589. The molecule has 0 unspecified atom stereocenters. The number of likely N-dealkylation sites (tertiary alicyclic amines) is 1. The normalized spacial score (nSPS) is 15.2. The van der Waals surface area contributed by atoms with Gasteiger partial charge in [-0.15, -0.1) is 0 Å². The minimum absolute atomic E-state index is 0.0478. The lowest BCUT2D eigenvalue weighted by Crippen LogP contribution is -2.53. The van der Waals surface area contributed by atoms with Crippen molar-refractivity contribution in [2.24, 2.45) is 0 Å². The number of nitrogens with zero attached hydrogens (tertiary/aromatic N) is 4. The summed E-state index contributed by atoms with van der Waals surface area (Å²) < 4.78 is 1.75. The number of hydrogen-bond acceptors (Lipinski definition) is 4. The summed E-state index contributed by atoms with van der Waals surface area (Å²) in [5.74, 6) is 1.48. The number of hydrogen-bond donors (Lipinski definition) is 1. The standard InChI is InChI=1S/C14H16N4O2/c1-9-15-10(2)18(16-9)12-5-3-11(4-6-12)14(20)17-7-13(19)8-17/h3-6,13,19H,7-8H2,1-2H3. The van der Waals surface area contributed by atoms with Gasteiger partial charge in [0.1, 0.15) is 11.6 Å². The van der Waals surface area contributed by atoms with Crippen LogP contribution in [0.15, 0.2) is 24.3 Å². The minimum atomic E-state index is -0.376. The van der Waals surface area contributed by atoms with Crippen LogP contribution in [0.4, 0.5) is 0 Å². The number of aliphatic hydroxyl groups excluding tert-OH is 1. The first-order valence-corrected chi connectivity index (χ1v) is 6.52. The number of carbonyl (C=O) groups is 1. The molecule has 1 N–H and O–H groups in total. The first-order chi connectivity index (χ1) is 9.54. The van der Waals surface area contributed by atoms with Crippen LogP contribution >= 0.6 is 0 Å². The van der Waals surface area contributed by atoms with Crippen molar-refractivity contribution in [3.63, 3.8) is 0 Å². The molecule has 2 heterocycles. The highest BCUT2D eigenvalue weighted by Gasteiger charge is 2.29. The predicted molar refractivity (Wildman–Crippen MR) is 72.7 cm³/mol. The van der Waals surface area contributed by atoms with Crippen molar-refractivity contribution in [3.8, 4) is 5.69 Å². The quantitative estimate of drug-likeness (QED) is 0.873. The van der Waals surface area contributed by atoms with Crippen LogP contribution in [0.5, 0.6) is 0 Å². The average molecular weight is 272 g/mol. The van der Waals surface area contributed by atoms with Gasteiger partial charge in [0.15, 0.2) is 0 Å². The van der Waals surface area contributed by atoms with Gasteiger partial charge in [-0.2, -0.15) is 5.10 Å². The fourth-order valence-corrected chi connectivity index (χ4v) is 2.31. The van der Waals surface area contributed by atoms with Crippen LogP contribution < -0.4 is 0 Å². The zero-order chi connectivity index (χ0) is 14.3. The van der Waals surface area contributed by atoms with Gasteiger partial charge in [-0.3, -0.25) is 4.79 Å². The molecule has 1 saturated heterocycles. The molecule has 0 saturated carbocycles. The van der Waals surface area contributed by atoms with E-state index in [2.05, 4.69) is 10.1 Å². The molecule has 2 aromatic rings. The number of benzene rings is 1. The van der Waals surface area contributed by atoms with E-state index in [-0.39, 0.29) is 12.0 Å². The smallest absolute Gasteiger partial charge is 0.254 e. The fraction of sp³-hybridized carbons (Fsp3) is 0.357. The van der Waals surface area contributed by atoms with Gasteiger partial charge in [0.2, 0.25) is 0 Å². The number of amides is 1. The molecule has 0 aliphatic carbocycles. The van der Waals surface area contributed by atoms with E-state index in [1.807, 2.05) is 26.0 Å². The SMILES string of the molecule is Cc1nc(C)n(-c2ccc(C(=O)N3CC(O)C3)cc2)n1. The van der Waals surface area contributed by atoms with Crippen molar-refractivity contribution in [1.82, 2.24) is 19.7 Å². The number of β-amino-alcohol motifs (C(OH)–C–C–N with tert-alkyl or cyclic N) is 1. The van der Waals surface area contributed by atoms with E-state index < -0.39 is 0 Å². The molecular weight excluding hydrogens is 256 g/mol. The summed E-state index contributed by atoms with van der Waals surface area (Å²) in [5.41, 5.74) is 1.50. The molecule has 0 bridgehead atoms. The topological polar surface area (TPSA) is 71.2 Å². The summed E-state index contributed by atoms with van der Waals surface area (Å²) in [6, 6.07) is 7.26. The molecular formula is C14H16N4O2. The highest BCUT2D eigenvalue weighted by atomic mass is 16.3. The van der Waals surface area contributed by atoms with E-state index in [1.54, 1.807) is 21.7 Å². The molecule has 6 heteroatoms. The lowest BCUT2D eigenvalue weighted by Gasteiger charge is -2.35. The Balaban J connectivity index is 1.81. The van der Waals surface area contributed by atoms with Gasteiger partial charge < -0.3 is 10.0 Å². The van der Waals surface area contributed by atoms with Crippen LogP contribution in [0.2, 0.25) is 0 Å². The Morgan fingerprint density at radius 3 is 2.40 bits per heavy atom. The minimum Gasteiger partial charge on any atom is -0.389 e. The third kappa shape index (κ3) is 2.18. The monoisotopic (exact) mass is 272 g/mol. The van der Waals surface area contributed by atoms with Gasteiger partial charge in [0, 0.05) is 18.7 Å². The number of aromatic nitrogens is 3. The maximum atomic E-state index is 12.1. The van der Waals surface area contributed by atoms with E-state index in [0.717, 1.165) is 17.3 Å². The largest absolute Gasteiger partial charge is 0.389 e. The van der Waals surface area contributed by atoms with Gasteiger partial charge in [-0.25, -0.2) is 9.67 Å². The first-order valence-electron chi connectivity index (χ1n) is 6.52. The highest BCUT2D eigenvalue weighted by Crippen LogP contribution is 2.16. The lowest BCUT2D eigenvalue weighted by atomic mass is 10.1. The molecule has 0 atom stereocenters. The summed E-state index contributed by atoms with van der Waals surface area (Å²) in [6.45, 7) is 4.57.